The summed E-state index contributed by atoms with van der Waals surface area (Å²) in [4.78, 5) is 17.1. The maximum atomic E-state index is 14.3. The Morgan fingerprint density at radius 3 is 2.87 bits per heavy atom. The third-order valence-corrected chi connectivity index (χ3v) is 9.00. The molecule has 1 aliphatic heterocycles. The first-order chi connectivity index (χ1) is 14.3. The Labute approximate surface area is 179 Å². The van der Waals surface area contributed by atoms with Crippen LogP contribution < -0.4 is 4.80 Å². The smallest absolute Gasteiger partial charge is 0.266 e. The van der Waals surface area contributed by atoms with E-state index < -0.39 is 33.6 Å². The number of amides is 1. The Kier molecular flexibility index (Phi) is 5.59. The Bertz CT molecular complexity index is 1330. The molecule has 2 aromatic heterocycles. The number of nitrogens with zero attached hydrogens (tertiary/aromatic N) is 3. The molecule has 3 heterocycles. The molecule has 30 heavy (non-hydrogen) atoms. The van der Waals surface area contributed by atoms with Gasteiger partial charge in [-0.2, -0.15) is 9.30 Å². The van der Waals surface area contributed by atoms with Crippen LogP contribution in [0.5, 0.6) is 0 Å². The van der Waals surface area contributed by atoms with E-state index in [2.05, 4.69) is 10.9 Å². The highest BCUT2D eigenvalue weighted by atomic mass is 32.2. The van der Waals surface area contributed by atoms with Crippen molar-refractivity contribution >= 4 is 48.8 Å². The van der Waals surface area contributed by atoms with Crippen molar-refractivity contribution in [3.63, 3.8) is 0 Å². The molecule has 0 saturated carbocycles. The van der Waals surface area contributed by atoms with E-state index >= 15 is 0 Å². The summed E-state index contributed by atoms with van der Waals surface area (Å²) in [5, 5.41) is 1.65. The fourth-order valence-corrected chi connectivity index (χ4v) is 7.27. The maximum absolute atomic E-state index is 14.3. The summed E-state index contributed by atoms with van der Waals surface area (Å²) in [6, 6.07) is 4.04. The van der Waals surface area contributed by atoms with Gasteiger partial charge in [0.15, 0.2) is 10.6 Å². The highest BCUT2D eigenvalue weighted by Gasteiger charge is 2.40. The summed E-state index contributed by atoms with van der Waals surface area (Å²) >= 11 is 2.00. The highest BCUT2D eigenvalue weighted by molar-refractivity contribution is 7.91. The molecule has 11 heteroatoms. The third kappa shape index (κ3) is 3.60. The summed E-state index contributed by atoms with van der Waals surface area (Å²) in [6.45, 7) is 0.138. The molecular formula is C19H15F2N3O3S3. The van der Waals surface area contributed by atoms with Crippen LogP contribution in [0, 0.1) is 24.0 Å². The lowest BCUT2D eigenvalue weighted by Gasteiger charge is -2.20. The zero-order valence-corrected chi connectivity index (χ0v) is 17.9. The molecule has 1 atom stereocenters. The molecule has 1 amide bonds. The van der Waals surface area contributed by atoms with Gasteiger partial charge in [-0.15, -0.1) is 17.8 Å². The van der Waals surface area contributed by atoms with Crippen molar-refractivity contribution in [2.24, 2.45) is 4.99 Å². The van der Waals surface area contributed by atoms with E-state index in [4.69, 9.17) is 6.42 Å². The second kappa shape index (κ2) is 8.03. The largest absolute Gasteiger partial charge is 0.302 e. The fraction of sp³-hybridized carbons (Fsp3) is 0.263. The minimum absolute atomic E-state index is 0.0559. The summed E-state index contributed by atoms with van der Waals surface area (Å²) in [6.07, 6.45) is 6.22. The minimum Gasteiger partial charge on any atom is -0.302 e. The molecule has 6 nitrogen and oxygen atoms in total. The van der Waals surface area contributed by atoms with E-state index in [1.165, 1.54) is 10.6 Å². The molecule has 3 aromatic rings. The van der Waals surface area contributed by atoms with Crippen LogP contribution in [0.1, 0.15) is 12.8 Å². The van der Waals surface area contributed by atoms with Crippen LogP contribution in [0.4, 0.5) is 8.78 Å². The van der Waals surface area contributed by atoms with Crippen molar-refractivity contribution in [3.8, 4) is 12.3 Å². The number of terminal acetylenes is 1. The van der Waals surface area contributed by atoms with E-state index in [0.717, 1.165) is 39.1 Å². The van der Waals surface area contributed by atoms with Crippen molar-refractivity contribution < 1.29 is 22.0 Å². The van der Waals surface area contributed by atoms with E-state index in [9.17, 15) is 22.0 Å². The van der Waals surface area contributed by atoms with Crippen LogP contribution in [0.25, 0.3) is 10.2 Å². The van der Waals surface area contributed by atoms with Crippen molar-refractivity contribution in [1.29, 1.82) is 0 Å². The van der Waals surface area contributed by atoms with E-state index in [-0.39, 0.29) is 32.3 Å². The number of thiophene rings is 1. The van der Waals surface area contributed by atoms with Crippen LogP contribution in [0.3, 0.4) is 0 Å². The molecule has 0 spiro atoms. The normalized spacial score (nSPS) is 18.2. The number of thiazole rings is 1. The van der Waals surface area contributed by atoms with Crippen LogP contribution >= 0.6 is 22.7 Å². The lowest BCUT2D eigenvalue weighted by atomic mass is 10.2. The van der Waals surface area contributed by atoms with Gasteiger partial charge in [0.25, 0.3) is 15.9 Å². The van der Waals surface area contributed by atoms with Gasteiger partial charge >= 0.3 is 0 Å². The predicted molar refractivity (Wildman–Crippen MR) is 110 cm³/mol. The van der Waals surface area contributed by atoms with E-state index in [1.807, 2.05) is 0 Å². The first kappa shape index (κ1) is 20.9. The zero-order chi connectivity index (χ0) is 21.5. The van der Waals surface area contributed by atoms with Gasteiger partial charge in [0, 0.05) is 12.6 Å². The highest BCUT2D eigenvalue weighted by Crippen LogP contribution is 2.29. The Balaban J connectivity index is 1.77. The third-order valence-electron chi connectivity index (χ3n) is 4.70. The second-order valence-corrected chi connectivity index (χ2v) is 10.6. The van der Waals surface area contributed by atoms with Crippen molar-refractivity contribution in [2.45, 2.75) is 29.6 Å². The summed E-state index contributed by atoms with van der Waals surface area (Å²) < 4.78 is 56.6. The zero-order valence-electron chi connectivity index (χ0n) is 15.4. The number of hydrogen-bond acceptors (Lipinski definition) is 5. The van der Waals surface area contributed by atoms with Gasteiger partial charge in [-0.25, -0.2) is 17.2 Å². The molecule has 1 unspecified atom stereocenters. The average molecular weight is 468 g/mol. The SMILES string of the molecule is C#CCn1c(=NC(=O)C2CCCN2S(=O)(=O)c2cccs2)sc2cc(F)cc(F)c21. The summed E-state index contributed by atoms with van der Waals surface area (Å²) in [5.74, 6) is 0.145. The fourth-order valence-electron chi connectivity index (χ4n) is 3.42. The number of aromatic nitrogens is 1. The Morgan fingerprint density at radius 1 is 1.37 bits per heavy atom. The predicted octanol–water partition coefficient (Wildman–Crippen LogP) is 2.96. The van der Waals surface area contributed by atoms with Gasteiger partial charge in [0.1, 0.15) is 16.1 Å². The van der Waals surface area contributed by atoms with Gasteiger partial charge in [-0.3, -0.25) is 4.79 Å². The van der Waals surface area contributed by atoms with Gasteiger partial charge in [-0.05, 0) is 30.4 Å². The van der Waals surface area contributed by atoms with Gasteiger partial charge in [0.05, 0.1) is 16.8 Å². The molecular weight excluding hydrogens is 452 g/mol. The van der Waals surface area contributed by atoms with E-state index in [0.29, 0.717) is 12.8 Å². The molecule has 1 saturated heterocycles. The molecule has 0 aliphatic carbocycles. The number of halogens is 2. The lowest BCUT2D eigenvalue weighted by Crippen LogP contribution is -2.40. The van der Waals surface area contributed by atoms with Crippen LogP contribution in [0.2, 0.25) is 0 Å². The first-order valence-electron chi connectivity index (χ1n) is 8.88. The molecule has 1 aliphatic rings. The number of carbonyl (C=O) groups is 1. The van der Waals surface area contributed by atoms with E-state index in [1.54, 1.807) is 11.4 Å². The lowest BCUT2D eigenvalue weighted by molar-refractivity contribution is -0.121. The Morgan fingerprint density at radius 2 is 2.17 bits per heavy atom. The van der Waals surface area contributed by atoms with Crippen LogP contribution in [0.15, 0.2) is 38.8 Å². The minimum atomic E-state index is -3.81. The number of rotatable bonds is 4. The molecule has 1 aromatic carbocycles. The second-order valence-electron chi connectivity index (χ2n) is 6.57. The van der Waals surface area contributed by atoms with Crippen molar-refractivity contribution in [1.82, 2.24) is 8.87 Å². The van der Waals surface area contributed by atoms with Gasteiger partial charge < -0.3 is 4.57 Å². The number of hydrogen-bond donors (Lipinski definition) is 0. The van der Waals surface area contributed by atoms with Gasteiger partial charge in [0.2, 0.25) is 0 Å². The Hall–Kier alpha value is -2.39. The number of benzene rings is 1. The number of sulfonamides is 1. The summed E-state index contributed by atoms with van der Waals surface area (Å²) in [5.41, 5.74) is 0.0559. The number of fused-ring (bicyclic) bond motifs is 1. The maximum Gasteiger partial charge on any atom is 0.266 e. The molecule has 1 fully saturated rings. The molecule has 4 rings (SSSR count). The molecule has 0 N–H and O–H groups in total. The monoisotopic (exact) mass is 467 g/mol. The van der Waals surface area contributed by atoms with Crippen LogP contribution in [-0.4, -0.2) is 35.8 Å². The first-order valence-corrected chi connectivity index (χ1v) is 12.0. The van der Waals surface area contributed by atoms with Crippen molar-refractivity contribution in [2.75, 3.05) is 6.54 Å². The number of carbonyl (C=O) groups excluding carboxylic acids is 1. The van der Waals surface area contributed by atoms with Crippen LogP contribution in [-0.2, 0) is 21.4 Å². The molecule has 0 bridgehead atoms. The topological polar surface area (TPSA) is 71.7 Å². The van der Waals surface area contributed by atoms with Crippen molar-refractivity contribution in [3.05, 3.63) is 46.1 Å². The van der Waals surface area contributed by atoms with Gasteiger partial charge in [-0.1, -0.05) is 23.3 Å². The standard InChI is InChI=1S/C19H15F2N3O3S3/c1-2-7-23-17-13(21)10-12(20)11-15(17)29-19(23)22-18(25)14-5-3-8-24(14)30(26,27)16-6-4-9-28-16/h1,4,6,9-11,14H,3,5,7-8H2. The molecule has 0 radical (unpaired) electrons. The average Bonchev–Trinajstić information content (AvgIpc) is 3.42. The quantitative estimate of drug-likeness (QED) is 0.554. The summed E-state index contributed by atoms with van der Waals surface area (Å²) in [7, 11) is -3.81. The molecule has 156 valence electrons.